The van der Waals surface area contributed by atoms with Gasteiger partial charge in [-0.3, -0.25) is 0 Å². The van der Waals surface area contributed by atoms with Crippen LogP contribution in [0.5, 0.6) is 0 Å². The number of nitrogens with two attached hydrogens (primary N) is 1. The van der Waals surface area contributed by atoms with Gasteiger partial charge in [-0.05, 0) is 38.6 Å². The van der Waals surface area contributed by atoms with Gasteiger partial charge in [0, 0.05) is 6.61 Å². The van der Waals surface area contributed by atoms with Crippen molar-refractivity contribution in [2.24, 2.45) is 11.7 Å². The molecule has 0 bridgehead atoms. The van der Waals surface area contributed by atoms with E-state index in [2.05, 4.69) is 0 Å². The molecule has 1 rings (SSSR count). The minimum atomic E-state index is -0.498. The molecule has 1 saturated carbocycles. The van der Waals surface area contributed by atoms with Crippen molar-refractivity contribution in [3.8, 4) is 0 Å². The summed E-state index contributed by atoms with van der Waals surface area (Å²) in [5.41, 5.74) is 5.59. The van der Waals surface area contributed by atoms with Crippen molar-refractivity contribution >= 4 is 0 Å². The summed E-state index contributed by atoms with van der Waals surface area (Å²) in [5.74, 6) is 0.610. The Morgan fingerprint density at radius 3 is 2.80 bits per heavy atom. The molecule has 3 N–H and O–H groups in total. The number of ether oxygens (including phenoxy) is 2. The van der Waals surface area contributed by atoms with E-state index < -0.39 is 6.10 Å². The van der Waals surface area contributed by atoms with Crippen molar-refractivity contribution in [3.05, 3.63) is 0 Å². The third-order valence-electron chi connectivity index (χ3n) is 2.87. The number of hydrogen-bond donors (Lipinski definition) is 2. The fourth-order valence-corrected chi connectivity index (χ4v) is 1.94. The van der Waals surface area contributed by atoms with Crippen molar-refractivity contribution in [3.63, 3.8) is 0 Å². The topological polar surface area (TPSA) is 64.7 Å². The van der Waals surface area contributed by atoms with Crippen LogP contribution in [0.3, 0.4) is 0 Å². The van der Waals surface area contributed by atoms with E-state index >= 15 is 0 Å². The first-order valence-corrected chi connectivity index (χ1v) is 5.83. The van der Waals surface area contributed by atoms with Crippen molar-refractivity contribution < 1.29 is 14.6 Å². The SMILES string of the molecule is CCOCC(O)COC1CCC(CN)C1. The maximum Gasteiger partial charge on any atom is 0.101 e. The van der Waals surface area contributed by atoms with E-state index in [1.165, 1.54) is 0 Å². The van der Waals surface area contributed by atoms with Gasteiger partial charge in [-0.25, -0.2) is 0 Å². The molecule has 0 heterocycles. The summed E-state index contributed by atoms with van der Waals surface area (Å²) in [6.07, 6.45) is 3.06. The summed E-state index contributed by atoms with van der Waals surface area (Å²) in [5, 5.41) is 9.49. The maximum atomic E-state index is 9.49. The summed E-state index contributed by atoms with van der Waals surface area (Å²) in [6, 6.07) is 0. The average molecular weight is 217 g/mol. The van der Waals surface area contributed by atoms with Crippen LogP contribution in [0, 0.1) is 5.92 Å². The second-order valence-electron chi connectivity index (χ2n) is 4.18. The van der Waals surface area contributed by atoms with Crippen LogP contribution in [0.15, 0.2) is 0 Å². The van der Waals surface area contributed by atoms with Crippen LogP contribution in [-0.4, -0.2) is 43.7 Å². The molecule has 0 aromatic rings. The highest BCUT2D eigenvalue weighted by Crippen LogP contribution is 2.26. The van der Waals surface area contributed by atoms with Crippen LogP contribution in [0.1, 0.15) is 26.2 Å². The quantitative estimate of drug-likeness (QED) is 0.653. The smallest absolute Gasteiger partial charge is 0.101 e. The molecule has 0 amide bonds. The average Bonchev–Trinajstić information content (AvgIpc) is 2.71. The van der Waals surface area contributed by atoms with Crippen LogP contribution < -0.4 is 5.73 Å². The normalized spacial score (nSPS) is 28.2. The molecule has 0 radical (unpaired) electrons. The summed E-state index contributed by atoms with van der Waals surface area (Å²) < 4.78 is 10.7. The Morgan fingerprint density at radius 1 is 1.40 bits per heavy atom. The molecule has 0 saturated heterocycles. The molecular formula is C11H23NO3. The minimum Gasteiger partial charge on any atom is -0.388 e. The predicted octanol–water partition coefficient (Wildman–Crippen LogP) is 0.528. The summed E-state index contributed by atoms with van der Waals surface area (Å²) >= 11 is 0. The highest BCUT2D eigenvalue weighted by molar-refractivity contribution is 4.76. The Balaban J connectivity index is 2.04. The molecule has 3 atom stereocenters. The largest absolute Gasteiger partial charge is 0.388 e. The molecule has 1 fully saturated rings. The van der Waals surface area contributed by atoms with E-state index in [4.69, 9.17) is 15.2 Å². The fourth-order valence-electron chi connectivity index (χ4n) is 1.94. The number of aliphatic hydroxyl groups excluding tert-OH is 1. The summed E-state index contributed by atoms with van der Waals surface area (Å²) in [4.78, 5) is 0. The molecule has 0 spiro atoms. The zero-order valence-electron chi connectivity index (χ0n) is 9.52. The highest BCUT2D eigenvalue weighted by atomic mass is 16.5. The van der Waals surface area contributed by atoms with Gasteiger partial charge in [-0.15, -0.1) is 0 Å². The van der Waals surface area contributed by atoms with Crippen LogP contribution in [0.25, 0.3) is 0 Å². The van der Waals surface area contributed by atoms with Crippen LogP contribution >= 0.6 is 0 Å². The van der Waals surface area contributed by atoms with Gasteiger partial charge in [-0.1, -0.05) is 0 Å². The molecular weight excluding hydrogens is 194 g/mol. The zero-order valence-corrected chi connectivity index (χ0v) is 9.52. The fraction of sp³-hybridized carbons (Fsp3) is 1.00. The van der Waals surface area contributed by atoms with Gasteiger partial charge < -0.3 is 20.3 Å². The van der Waals surface area contributed by atoms with Crippen molar-refractivity contribution in [2.45, 2.75) is 38.4 Å². The Bertz CT molecular complexity index is 166. The van der Waals surface area contributed by atoms with Gasteiger partial charge in [0.25, 0.3) is 0 Å². The van der Waals surface area contributed by atoms with Gasteiger partial charge in [-0.2, -0.15) is 0 Å². The lowest BCUT2D eigenvalue weighted by Gasteiger charge is -2.15. The monoisotopic (exact) mass is 217 g/mol. The maximum absolute atomic E-state index is 9.49. The standard InChI is InChI=1S/C11H23NO3/c1-2-14-7-10(13)8-15-11-4-3-9(5-11)6-12/h9-11,13H,2-8,12H2,1H3. The number of rotatable bonds is 7. The van der Waals surface area contributed by atoms with Gasteiger partial charge in [0.05, 0.1) is 19.3 Å². The van der Waals surface area contributed by atoms with E-state index in [1.807, 2.05) is 6.92 Å². The first-order valence-electron chi connectivity index (χ1n) is 5.83. The van der Waals surface area contributed by atoms with Crippen molar-refractivity contribution in [1.82, 2.24) is 0 Å². The first-order chi connectivity index (χ1) is 7.26. The second kappa shape index (κ2) is 7.17. The lowest BCUT2D eigenvalue weighted by molar-refractivity contribution is -0.0413. The Kier molecular flexibility index (Phi) is 6.17. The van der Waals surface area contributed by atoms with Gasteiger partial charge in [0.15, 0.2) is 0 Å². The van der Waals surface area contributed by atoms with E-state index in [1.54, 1.807) is 0 Å². The molecule has 1 aliphatic rings. The molecule has 0 aromatic carbocycles. The summed E-state index contributed by atoms with van der Waals surface area (Å²) in [7, 11) is 0. The number of aliphatic hydroxyl groups is 1. The summed E-state index contributed by atoms with van der Waals surface area (Å²) in [6.45, 7) is 4.04. The van der Waals surface area contributed by atoms with Crippen LogP contribution in [-0.2, 0) is 9.47 Å². The molecule has 4 heteroatoms. The first kappa shape index (κ1) is 12.9. The zero-order chi connectivity index (χ0) is 11.1. The predicted molar refractivity (Wildman–Crippen MR) is 58.6 cm³/mol. The third kappa shape index (κ3) is 4.93. The second-order valence-corrected chi connectivity index (χ2v) is 4.18. The molecule has 90 valence electrons. The number of hydrogen-bond acceptors (Lipinski definition) is 4. The van der Waals surface area contributed by atoms with Crippen molar-refractivity contribution in [2.75, 3.05) is 26.4 Å². The third-order valence-corrected chi connectivity index (χ3v) is 2.87. The van der Waals surface area contributed by atoms with E-state index in [-0.39, 0.29) is 6.10 Å². The van der Waals surface area contributed by atoms with Crippen LogP contribution in [0.2, 0.25) is 0 Å². The van der Waals surface area contributed by atoms with E-state index in [0.717, 1.165) is 25.8 Å². The Morgan fingerprint density at radius 2 is 2.20 bits per heavy atom. The highest BCUT2D eigenvalue weighted by Gasteiger charge is 2.24. The molecule has 4 nitrogen and oxygen atoms in total. The van der Waals surface area contributed by atoms with Crippen LogP contribution in [0.4, 0.5) is 0 Å². The molecule has 0 aliphatic heterocycles. The van der Waals surface area contributed by atoms with Gasteiger partial charge in [0.1, 0.15) is 6.10 Å². The molecule has 3 unspecified atom stereocenters. The lowest BCUT2D eigenvalue weighted by Crippen LogP contribution is -2.25. The van der Waals surface area contributed by atoms with Gasteiger partial charge >= 0.3 is 0 Å². The minimum absolute atomic E-state index is 0.287. The Labute approximate surface area is 91.7 Å². The lowest BCUT2D eigenvalue weighted by atomic mass is 10.1. The molecule has 0 aromatic heterocycles. The Hall–Kier alpha value is -0.160. The van der Waals surface area contributed by atoms with E-state index in [0.29, 0.717) is 25.7 Å². The van der Waals surface area contributed by atoms with E-state index in [9.17, 15) is 5.11 Å². The molecule has 1 aliphatic carbocycles. The van der Waals surface area contributed by atoms with Gasteiger partial charge in [0.2, 0.25) is 0 Å². The van der Waals surface area contributed by atoms with Crippen molar-refractivity contribution in [1.29, 1.82) is 0 Å². The molecule has 15 heavy (non-hydrogen) atoms.